The lowest BCUT2D eigenvalue weighted by Crippen LogP contribution is -2.21. The van der Waals surface area contributed by atoms with Crippen LogP contribution in [0.15, 0.2) is 48.5 Å². The van der Waals surface area contributed by atoms with E-state index >= 15 is 0 Å². The van der Waals surface area contributed by atoms with E-state index in [2.05, 4.69) is 60.3 Å². The van der Waals surface area contributed by atoms with Crippen LogP contribution < -0.4 is 0 Å². The van der Waals surface area contributed by atoms with Gasteiger partial charge in [0.15, 0.2) is 0 Å². The molecule has 1 aliphatic heterocycles. The second-order valence-corrected chi connectivity index (χ2v) is 8.37. The van der Waals surface area contributed by atoms with E-state index < -0.39 is 15.6 Å². The van der Waals surface area contributed by atoms with Gasteiger partial charge in [0.25, 0.3) is 0 Å². The molecule has 1 aliphatic carbocycles. The van der Waals surface area contributed by atoms with Gasteiger partial charge >= 0.3 is 15.6 Å². The second kappa shape index (κ2) is 8.92. The largest absolute Gasteiger partial charge is 0.522 e. The van der Waals surface area contributed by atoms with Gasteiger partial charge in [-0.3, -0.25) is 4.55 Å². The molecule has 0 aromatic heterocycles. The Hall–Kier alpha value is -1.51. The van der Waals surface area contributed by atoms with E-state index in [4.69, 9.17) is 13.0 Å². The summed E-state index contributed by atoms with van der Waals surface area (Å²) in [6.45, 7) is 0. The van der Waals surface area contributed by atoms with Crippen LogP contribution in [-0.2, 0) is 16.5 Å². The zero-order valence-corrected chi connectivity index (χ0v) is 15.5. The molecule has 1 heterocycles. The summed E-state index contributed by atoms with van der Waals surface area (Å²) in [5.74, 6) is 2.83. The highest BCUT2D eigenvalue weighted by atomic mass is 32.2. The molecule has 142 valence electrons. The molecule has 2 aromatic rings. The summed E-state index contributed by atoms with van der Waals surface area (Å²) in [6.07, 6.45) is 4.03. The first-order valence-corrected chi connectivity index (χ1v) is 10.6. The minimum Gasteiger partial charge on any atom is -0.279 e. The molecule has 2 aliphatic rings. The maximum Gasteiger partial charge on any atom is 0.522 e. The van der Waals surface area contributed by atoms with Crippen LogP contribution in [0.5, 0.6) is 0 Å². The van der Waals surface area contributed by atoms with Crippen molar-refractivity contribution in [1.82, 2.24) is 0 Å². The van der Waals surface area contributed by atoms with Crippen molar-refractivity contribution in [3.63, 3.8) is 0 Å². The number of benzene rings is 2. The number of hydrogen-bond donors (Lipinski definition) is 1. The van der Waals surface area contributed by atoms with Crippen molar-refractivity contribution >= 4 is 21.9 Å². The molecule has 26 heavy (non-hydrogen) atoms. The lowest BCUT2D eigenvalue weighted by Gasteiger charge is -1.98. The molecule has 0 spiro atoms. The molecule has 1 fully saturated rings. The smallest absolute Gasteiger partial charge is 0.279 e. The van der Waals surface area contributed by atoms with Gasteiger partial charge < -0.3 is 0 Å². The minimum absolute atomic E-state index is 1.10. The lowest BCUT2D eigenvalue weighted by atomic mass is 10.1. The van der Waals surface area contributed by atoms with Crippen LogP contribution in [0.4, 0.5) is 13.2 Å². The average Bonchev–Trinajstić information content (AvgIpc) is 3.25. The second-order valence-electron chi connectivity index (χ2n) is 5.73. The molecular formula is C18H19F3O3S2. The molecule has 1 N–H and O–H groups in total. The Kier molecular flexibility index (Phi) is 7.14. The van der Waals surface area contributed by atoms with Gasteiger partial charge in [-0.25, -0.2) is 0 Å². The standard InChI is InChI=1S/C13H10.C4H8S.CHF3O3S/c1-3-7-12-10(5-1)9-11-6-2-4-8-13(11)12;1-2-4-5-3-1;2-1(3,4)8(5,6)7/h1-8H,9H2;1-4H2;(H,5,6,7). The Morgan fingerprint density at radius 2 is 1.23 bits per heavy atom. The highest BCUT2D eigenvalue weighted by molar-refractivity contribution is 7.99. The van der Waals surface area contributed by atoms with E-state index in [1.165, 1.54) is 46.6 Å². The van der Waals surface area contributed by atoms with Crippen LogP contribution >= 0.6 is 11.8 Å². The molecule has 0 unspecified atom stereocenters. The van der Waals surface area contributed by atoms with Crippen molar-refractivity contribution in [2.45, 2.75) is 24.8 Å². The molecule has 0 atom stereocenters. The zero-order valence-electron chi connectivity index (χ0n) is 13.9. The fraction of sp³-hybridized carbons (Fsp3) is 0.333. The van der Waals surface area contributed by atoms with Gasteiger partial charge in [-0.15, -0.1) is 0 Å². The van der Waals surface area contributed by atoms with Crippen LogP contribution in [0.1, 0.15) is 24.0 Å². The summed E-state index contributed by atoms with van der Waals surface area (Å²) in [7, 11) is -5.84. The first-order valence-electron chi connectivity index (χ1n) is 7.98. The Labute approximate surface area is 155 Å². The van der Waals surface area contributed by atoms with Gasteiger partial charge in [0.05, 0.1) is 0 Å². The van der Waals surface area contributed by atoms with Gasteiger partial charge in [0.2, 0.25) is 0 Å². The molecule has 0 amide bonds. The molecule has 3 nitrogen and oxygen atoms in total. The number of halogens is 3. The van der Waals surface area contributed by atoms with Crippen LogP contribution in [0, 0.1) is 0 Å². The van der Waals surface area contributed by atoms with E-state index in [0.717, 1.165) is 6.42 Å². The quantitative estimate of drug-likeness (QED) is 0.415. The summed E-state index contributed by atoms with van der Waals surface area (Å²) < 4.78 is 57.5. The topological polar surface area (TPSA) is 54.4 Å². The predicted octanol–water partition coefficient (Wildman–Crippen LogP) is 5.17. The summed E-state index contributed by atoms with van der Waals surface area (Å²) in [5.41, 5.74) is 0.219. The summed E-state index contributed by atoms with van der Waals surface area (Å²) in [5, 5.41) is 0. The van der Waals surface area contributed by atoms with Gasteiger partial charge in [-0.1, -0.05) is 48.5 Å². The van der Waals surface area contributed by atoms with Crippen molar-refractivity contribution in [2.75, 3.05) is 11.5 Å². The zero-order chi connectivity index (χ0) is 19.2. The number of thioether (sulfide) groups is 1. The maximum atomic E-state index is 10.7. The SMILES string of the molecule is C1CCSC1.O=S(=O)(O)C(F)(F)F.c1ccc2c(c1)Cc1ccccc1-2. The van der Waals surface area contributed by atoms with Crippen molar-refractivity contribution in [2.24, 2.45) is 0 Å². The van der Waals surface area contributed by atoms with Gasteiger partial charge in [-0.05, 0) is 53.0 Å². The number of alkyl halides is 3. The fourth-order valence-electron chi connectivity index (χ4n) is 2.59. The molecule has 4 rings (SSSR count). The average molecular weight is 404 g/mol. The Morgan fingerprint density at radius 3 is 1.54 bits per heavy atom. The first kappa shape index (κ1) is 20.8. The third-order valence-electron chi connectivity index (χ3n) is 3.83. The molecule has 8 heteroatoms. The molecule has 0 saturated carbocycles. The first-order chi connectivity index (χ1) is 12.2. The highest BCUT2D eigenvalue weighted by Crippen LogP contribution is 2.35. The minimum atomic E-state index is -5.84. The lowest BCUT2D eigenvalue weighted by molar-refractivity contribution is -0.0510. The number of fused-ring (bicyclic) bond motifs is 3. The monoisotopic (exact) mass is 404 g/mol. The maximum absolute atomic E-state index is 10.7. The van der Waals surface area contributed by atoms with E-state index in [1.807, 2.05) is 0 Å². The predicted molar refractivity (Wildman–Crippen MR) is 98.8 cm³/mol. The van der Waals surface area contributed by atoms with Gasteiger partial charge in [-0.2, -0.15) is 33.4 Å². The molecule has 1 saturated heterocycles. The molecule has 0 radical (unpaired) electrons. The molecule has 0 bridgehead atoms. The summed E-state index contributed by atoms with van der Waals surface area (Å²) >= 11 is 2.07. The van der Waals surface area contributed by atoms with Crippen molar-refractivity contribution in [1.29, 1.82) is 0 Å². The number of rotatable bonds is 0. The van der Waals surface area contributed by atoms with Crippen molar-refractivity contribution in [3.8, 4) is 11.1 Å². The van der Waals surface area contributed by atoms with Crippen LogP contribution in [0.3, 0.4) is 0 Å². The fourth-order valence-corrected chi connectivity index (χ4v) is 3.61. The normalized spacial score (nSPS) is 15.1. The van der Waals surface area contributed by atoms with Crippen LogP contribution in [-0.4, -0.2) is 30.0 Å². The van der Waals surface area contributed by atoms with E-state index in [-0.39, 0.29) is 0 Å². The van der Waals surface area contributed by atoms with Crippen LogP contribution in [0.25, 0.3) is 11.1 Å². The van der Waals surface area contributed by atoms with Crippen molar-refractivity contribution < 1.29 is 26.1 Å². The molecule has 2 aromatic carbocycles. The Balaban J connectivity index is 0.000000160. The van der Waals surface area contributed by atoms with Gasteiger partial charge in [0, 0.05) is 0 Å². The van der Waals surface area contributed by atoms with E-state index in [0.29, 0.717) is 0 Å². The summed E-state index contributed by atoms with van der Waals surface area (Å²) in [6, 6.07) is 17.3. The van der Waals surface area contributed by atoms with Crippen molar-refractivity contribution in [3.05, 3.63) is 59.7 Å². The highest BCUT2D eigenvalue weighted by Gasteiger charge is 2.44. The van der Waals surface area contributed by atoms with E-state index in [1.54, 1.807) is 0 Å². The number of hydrogen-bond acceptors (Lipinski definition) is 3. The molecular weight excluding hydrogens is 385 g/mol. The van der Waals surface area contributed by atoms with Crippen LogP contribution in [0.2, 0.25) is 0 Å². The Bertz CT molecular complexity index is 778. The third kappa shape index (κ3) is 5.75. The summed E-state index contributed by atoms with van der Waals surface area (Å²) in [4.78, 5) is 0. The Morgan fingerprint density at radius 1 is 0.846 bits per heavy atom. The van der Waals surface area contributed by atoms with E-state index in [9.17, 15) is 13.2 Å². The third-order valence-corrected chi connectivity index (χ3v) is 5.57. The van der Waals surface area contributed by atoms with Gasteiger partial charge in [0.1, 0.15) is 0 Å².